The number of benzene rings is 3. The van der Waals surface area contributed by atoms with Crippen molar-refractivity contribution in [1.29, 1.82) is 0 Å². The Morgan fingerprint density at radius 3 is 2.24 bits per heavy atom. The van der Waals surface area contributed by atoms with Crippen LogP contribution in [0.2, 0.25) is 0 Å². The lowest BCUT2D eigenvalue weighted by atomic mass is 9.88. The van der Waals surface area contributed by atoms with Gasteiger partial charge in [0.25, 0.3) is 0 Å². The molecule has 0 saturated carbocycles. The van der Waals surface area contributed by atoms with E-state index in [-0.39, 0.29) is 12.3 Å². The molecule has 2 heterocycles. The maximum absolute atomic E-state index is 13.5. The van der Waals surface area contributed by atoms with E-state index in [0.717, 1.165) is 11.3 Å². The molecule has 5 rings (SSSR count). The number of nitrogens with zero attached hydrogens (tertiary/aromatic N) is 2. The van der Waals surface area contributed by atoms with Gasteiger partial charge < -0.3 is 9.29 Å². The monoisotopic (exact) mass is 462 g/mol. The average Bonchev–Trinajstić information content (AvgIpc) is 2.93. The fraction of sp³-hybridized carbons (Fsp3) is 0.269. The highest BCUT2D eigenvalue weighted by molar-refractivity contribution is 7.95. The summed E-state index contributed by atoms with van der Waals surface area (Å²) in [4.78, 5) is 15.5. The van der Waals surface area contributed by atoms with Gasteiger partial charge in [0.1, 0.15) is 11.4 Å². The predicted molar refractivity (Wildman–Crippen MR) is 127 cm³/mol. The Hall–Kier alpha value is -3.00. The van der Waals surface area contributed by atoms with Crippen molar-refractivity contribution in [2.75, 3.05) is 18.0 Å². The van der Waals surface area contributed by atoms with Crippen LogP contribution in [0.3, 0.4) is 0 Å². The van der Waals surface area contributed by atoms with Gasteiger partial charge in [0.2, 0.25) is 5.91 Å². The minimum atomic E-state index is -3.59. The Balaban J connectivity index is 1.42. The highest BCUT2D eigenvalue weighted by Gasteiger charge is 2.46. The van der Waals surface area contributed by atoms with Gasteiger partial charge in [0.05, 0.1) is 12.1 Å². The molecule has 1 amide bonds. The first-order valence-corrected chi connectivity index (χ1v) is 12.5. The minimum absolute atomic E-state index is 0.0546. The first-order chi connectivity index (χ1) is 15.9. The van der Waals surface area contributed by atoms with Crippen LogP contribution in [-0.2, 0) is 19.4 Å². The lowest BCUT2D eigenvalue weighted by Crippen LogP contribution is -2.52. The van der Waals surface area contributed by atoms with E-state index in [2.05, 4.69) is 0 Å². The van der Waals surface area contributed by atoms with Crippen molar-refractivity contribution < 1.29 is 18.3 Å². The smallest absolute Gasteiger partial charge is 0.235 e. The number of carbonyl (C=O) groups excluding carboxylic acids is 1. The quantitative estimate of drug-likeness (QED) is 0.520. The summed E-state index contributed by atoms with van der Waals surface area (Å²) in [6.45, 7) is 2.53. The number of carbonyl (C=O) groups is 1. The summed E-state index contributed by atoms with van der Waals surface area (Å²) in [5.74, 6) is 0.586. The van der Waals surface area contributed by atoms with E-state index in [4.69, 9.17) is 4.74 Å². The SMILES string of the molecule is Cc1ccc([S+](=O)([O-])N2CCC3(CC2)CC(=O)N(c2ccccc2)c2ccccc2O3)cc1. The number of hydrogen-bond acceptors (Lipinski definition) is 4. The summed E-state index contributed by atoms with van der Waals surface area (Å²) in [6.07, 6.45) is 1.08. The van der Waals surface area contributed by atoms with E-state index in [1.807, 2.05) is 61.5 Å². The summed E-state index contributed by atoms with van der Waals surface area (Å²) < 4.78 is 34.3. The molecule has 0 radical (unpaired) electrons. The number of para-hydroxylation sites is 3. The highest BCUT2D eigenvalue weighted by Crippen LogP contribution is 2.44. The van der Waals surface area contributed by atoms with Gasteiger partial charge >= 0.3 is 0 Å². The summed E-state index contributed by atoms with van der Waals surface area (Å²) >= 11 is 0. The topological polar surface area (TPSA) is 72.9 Å². The second-order valence-corrected chi connectivity index (χ2v) is 10.6. The summed E-state index contributed by atoms with van der Waals surface area (Å²) in [5, 5.41) is 0. The Kier molecular flexibility index (Phi) is 5.56. The van der Waals surface area contributed by atoms with Crippen molar-refractivity contribution >= 4 is 27.7 Å². The van der Waals surface area contributed by atoms with Gasteiger partial charge in [0.15, 0.2) is 15.3 Å². The van der Waals surface area contributed by atoms with Crippen LogP contribution in [0.25, 0.3) is 0 Å². The fourth-order valence-electron chi connectivity index (χ4n) is 4.62. The molecule has 0 aliphatic carbocycles. The first kappa shape index (κ1) is 21.8. The molecule has 2 aliphatic rings. The molecule has 1 saturated heterocycles. The van der Waals surface area contributed by atoms with E-state index in [1.54, 1.807) is 29.2 Å². The van der Waals surface area contributed by atoms with Crippen LogP contribution in [0.1, 0.15) is 24.8 Å². The molecule has 3 aromatic carbocycles. The summed E-state index contributed by atoms with van der Waals surface area (Å²) in [5.41, 5.74) is 1.77. The number of amides is 1. The Bertz CT molecular complexity index is 1200. The second-order valence-electron chi connectivity index (χ2n) is 8.71. The van der Waals surface area contributed by atoms with Crippen LogP contribution < -0.4 is 9.64 Å². The molecule has 6 nitrogen and oxygen atoms in total. The number of anilines is 2. The average molecular weight is 463 g/mol. The Morgan fingerprint density at radius 1 is 0.909 bits per heavy atom. The molecule has 1 spiro atoms. The van der Waals surface area contributed by atoms with Crippen LogP contribution in [0, 0.1) is 6.92 Å². The Labute approximate surface area is 195 Å². The van der Waals surface area contributed by atoms with Crippen molar-refractivity contribution in [2.45, 2.75) is 36.7 Å². The molecule has 7 heteroatoms. The van der Waals surface area contributed by atoms with Gasteiger partial charge in [-0.15, -0.1) is 4.31 Å². The largest absolute Gasteiger partial charge is 0.593 e. The molecule has 1 fully saturated rings. The third-order valence-corrected chi connectivity index (χ3v) is 8.38. The van der Waals surface area contributed by atoms with Crippen LogP contribution >= 0.6 is 0 Å². The number of sulfonamides is 1. The van der Waals surface area contributed by atoms with Crippen molar-refractivity contribution in [3.63, 3.8) is 0 Å². The van der Waals surface area contributed by atoms with Crippen molar-refractivity contribution in [2.24, 2.45) is 0 Å². The molecule has 1 atom stereocenters. The highest BCUT2D eigenvalue weighted by atomic mass is 32.3. The van der Waals surface area contributed by atoms with Gasteiger partial charge in [-0.25, -0.2) is 0 Å². The fourth-order valence-corrected chi connectivity index (χ4v) is 6.06. The third-order valence-electron chi connectivity index (χ3n) is 6.46. The predicted octanol–water partition coefficient (Wildman–Crippen LogP) is 4.88. The van der Waals surface area contributed by atoms with Crippen molar-refractivity contribution in [1.82, 2.24) is 4.31 Å². The van der Waals surface area contributed by atoms with Crippen LogP contribution in [0.4, 0.5) is 11.4 Å². The molecule has 2 aliphatic heterocycles. The van der Waals surface area contributed by atoms with Crippen molar-refractivity contribution in [3.05, 3.63) is 84.4 Å². The van der Waals surface area contributed by atoms with Crippen LogP contribution in [0.15, 0.2) is 83.8 Å². The van der Waals surface area contributed by atoms with E-state index in [9.17, 15) is 13.6 Å². The maximum atomic E-state index is 13.5. The number of aryl methyl sites for hydroxylation is 1. The number of fused-ring (bicyclic) bond motifs is 1. The van der Waals surface area contributed by atoms with E-state index in [1.165, 1.54) is 4.31 Å². The lowest BCUT2D eigenvalue weighted by molar-refractivity contribution is -0.122. The summed E-state index contributed by atoms with van der Waals surface area (Å²) in [7, 11) is -3.59. The lowest BCUT2D eigenvalue weighted by Gasteiger charge is -2.40. The number of ether oxygens (including phenoxy) is 1. The number of rotatable bonds is 3. The number of piperidine rings is 1. The van der Waals surface area contributed by atoms with E-state index >= 15 is 0 Å². The molecule has 33 heavy (non-hydrogen) atoms. The minimum Gasteiger partial charge on any atom is -0.593 e. The summed E-state index contributed by atoms with van der Waals surface area (Å²) in [6, 6.07) is 24.0. The first-order valence-electron chi connectivity index (χ1n) is 11.1. The number of hydrogen-bond donors (Lipinski definition) is 0. The van der Waals surface area contributed by atoms with E-state index in [0.29, 0.717) is 42.3 Å². The van der Waals surface area contributed by atoms with Crippen molar-refractivity contribution in [3.8, 4) is 5.75 Å². The molecule has 0 bridgehead atoms. The van der Waals surface area contributed by atoms with Crippen LogP contribution in [0.5, 0.6) is 5.75 Å². The molecule has 3 aromatic rings. The third kappa shape index (κ3) is 4.08. The van der Waals surface area contributed by atoms with Gasteiger partial charge in [-0.3, -0.25) is 9.69 Å². The zero-order chi connectivity index (χ0) is 23.1. The zero-order valence-corrected chi connectivity index (χ0v) is 19.3. The standard InChI is InChI=1S/C26H26N2O4S/c1-20-11-13-22(14-12-20)33(30,31)27-17-15-26(16-18-27)19-25(29)28(21-7-3-2-4-8-21)23-9-5-6-10-24(23)32-26/h2-14H,15-19H2,1H3. The zero-order valence-electron chi connectivity index (χ0n) is 18.5. The molecule has 0 N–H and O–H groups in total. The van der Waals surface area contributed by atoms with Gasteiger partial charge in [0, 0.05) is 31.6 Å². The van der Waals surface area contributed by atoms with E-state index < -0.39 is 16.0 Å². The Morgan fingerprint density at radius 2 is 1.55 bits per heavy atom. The van der Waals surface area contributed by atoms with Crippen LogP contribution in [-0.4, -0.2) is 33.5 Å². The molecular formula is C26H26N2O4S. The molecule has 1 unspecified atom stereocenters. The molecular weight excluding hydrogens is 436 g/mol. The second kappa shape index (κ2) is 8.41. The van der Waals surface area contributed by atoms with Gasteiger partial charge in [-0.2, -0.15) is 0 Å². The molecule has 0 aromatic heterocycles. The van der Waals surface area contributed by atoms with Gasteiger partial charge in [-0.05, 0) is 43.3 Å². The maximum Gasteiger partial charge on any atom is 0.235 e. The molecule has 170 valence electrons. The van der Waals surface area contributed by atoms with Gasteiger partial charge in [-0.1, -0.05) is 52.2 Å². The normalized spacial score (nSPS) is 19.9.